The third-order valence-electron chi connectivity index (χ3n) is 6.15. The summed E-state index contributed by atoms with van der Waals surface area (Å²) >= 11 is 2.89. The fourth-order valence-electron chi connectivity index (χ4n) is 4.31. The fraction of sp³-hybridized carbons (Fsp3) is 0.435. The molecule has 1 fully saturated rings. The molecule has 168 valence electrons. The van der Waals surface area contributed by atoms with Crippen LogP contribution in [0.25, 0.3) is 10.2 Å². The quantitative estimate of drug-likeness (QED) is 0.426. The second-order valence-corrected chi connectivity index (χ2v) is 10.4. The normalized spacial score (nSPS) is 15.6. The summed E-state index contributed by atoms with van der Waals surface area (Å²) in [5.41, 5.74) is 2.00. The highest BCUT2D eigenvalue weighted by molar-refractivity contribution is 7.99. The Hall–Kier alpha value is -2.52. The molecule has 1 aromatic carbocycles. The number of hydrogen-bond acceptors (Lipinski definition) is 7. The Morgan fingerprint density at radius 3 is 2.84 bits per heavy atom. The topological polar surface area (TPSA) is 82.4 Å². The average molecular weight is 472 g/mol. The van der Waals surface area contributed by atoms with Crippen LogP contribution in [-0.2, 0) is 11.3 Å². The minimum atomic E-state index is -0.0986. The predicted octanol–water partition coefficient (Wildman–Crippen LogP) is 4.33. The number of aryl methyl sites for hydroxylation is 2. The first-order chi connectivity index (χ1) is 15.5. The number of thiophene rings is 1. The molecule has 1 N–H and O–H groups in total. The van der Waals surface area contributed by atoms with E-state index in [1.54, 1.807) is 11.3 Å². The minimum absolute atomic E-state index is 0.0343. The number of nitrogens with zero attached hydrogens (tertiary/aromatic N) is 2. The van der Waals surface area contributed by atoms with Gasteiger partial charge in [-0.3, -0.25) is 14.2 Å². The monoisotopic (exact) mass is 471 g/mol. The summed E-state index contributed by atoms with van der Waals surface area (Å²) in [7, 11) is 0. The van der Waals surface area contributed by atoms with Crippen LogP contribution in [0, 0.1) is 13.8 Å². The number of amides is 1. The lowest BCUT2D eigenvalue weighted by atomic mass is 10.2. The Morgan fingerprint density at radius 1 is 1.25 bits per heavy atom. The number of hydrogen-bond donors (Lipinski definition) is 1. The van der Waals surface area contributed by atoms with Crippen LogP contribution < -0.4 is 20.3 Å². The highest BCUT2D eigenvalue weighted by Crippen LogP contribution is 2.35. The Morgan fingerprint density at radius 2 is 2.03 bits per heavy atom. The third-order valence-corrected chi connectivity index (χ3v) is 8.21. The van der Waals surface area contributed by atoms with Crippen molar-refractivity contribution in [2.75, 3.05) is 12.5 Å². The average Bonchev–Trinajstić information content (AvgIpc) is 3.52. The molecule has 3 aromatic rings. The molecule has 9 heteroatoms. The van der Waals surface area contributed by atoms with E-state index in [9.17, 15) is 9.59 Å². The molecule has 2 aliphatic rings. The zero-order chi connectivity index (χ0) is 22.2. The summed E-state index contributed by atoms with van der Waals surface area (Å²) < 4.78 is 12.6. The number of carbonyl (C=O) groups excluding carboxylic acids is 1. The SMILES string of the molecule is Cc1sc2nc(SCC(=O)NCc3ccc4c(c3)OCO4)n(C3CCCC3)c(=O)c2c1C. The molecule has 0 spiro atoms. The van der Waals surface area contributed by atoms with Gasteiger partial charge in [-0.05, 0) is 49.9 Å². The molecule has 1 amide bonds. The maximum atomic E-state index is 13.4. The van der Waals surface area contributed by atoms with Gasteiger partial charge in [-0.25, -0.2) is 4.98 Å². The van der Waals surface area contributed by atoms with Gasteiger partial charge in [0, 0.05) is 17.5 Å². The highest BCUT2D eigenvalue weighted by atomic mass is 32.2. The van der Waals surface area contributed by atoms with Crippen molar-refractivity contribution in [2.45, 2.75) is 57.3 Å². The van der Waals surface area contributed by atoms with E-state index < -0.39 is 0 Å². The standard InChI is InChI=1S/C23H25N3O4S2/c1-13-14(2)32-21-20(13)22(28)26(16-5-3-4-6-16)23(25-21)31-11-19(27)24-10-15-7-8-17-18(9-15)30-12-29-17/h7-9,16H,3-6,10-12H2,1-2H3,(H,24,27). The largest absolute Gasteiger partial charge is 0.454 e. The Kier molecular flexibility index (Phi) is 5.86. The summed E-state index contributed by atoms with van der Waals surface area (Å²) in [6.45, 7) is 4.65. The van der Waals surface area contributed by atoms with Crippen molar-refractivity contribution in [3.8, 4) is 11.5 Å². The van der Waals surface area contributed by atoms with E-state index in [1.807, 2.05) is 36.6 Å². The van der Waals surface area contributed by atoms with Crippen LogP contribution in [-0.4, -0.2) is 28.0 Å². The van der Waals surface area contributed by atoms with Gasteiger partial charge in [0.05, 0.1) is 11.1 Å². The summed E-state index contributed by atoms with van der Waals surface area (Å²) in [6, 6.07) is 5.81. The number of fused-ring (bicyclic) bond motifs is 2. The van der Waals surface area contributed by atoms with Crippen LogP contribution in [0.4, 0.5) is 0 Å². The molecule has 1 aliphatic heterocycles. The molecule has 0 bridgehead atoms. The number of aromatic nitrogens is 2. The van der Waals surface area contributed by atoms with Crippen molar-refractivity contribution in [3.05, 3.63) is 44.6 Å². The first-order valence-electron chi connectivity index (χ1n) is 10.8. The van der Waals surface area contributed by atoms with Gasteiger partial charge in [0.2, 0.25) is 12.7 Å². The molecule has 3 heterocycles. The molecule has 7 nitrogen and oxygen atoms in total. The molecular formula is C23H25N3O4S2. The summed E-state index contributed by atoms with van der Waals surface area (Å²) in [5, 5.41) is 4.33. The van der Waals surface area contributed by atoms with Gasteiger partial charge in [-0.15, -0.1) is 11.3 Å². The minimum Gasteiger partial charge on any atom is -0.454 e. The molecule has 0 atom stereocenters. The number of rotatable bonds is 6. The van der Waals surface area contributed by atoms with E-state index in [0.29, 0.717) is 17.5 Å². The molecule has 1 aliphatic carbocycles. The van der Waals surface area contributed by atoms with Crippen LogP contribution in [0.2, 0.25) is 0 Å². The van der Waals surface area contributed by atoms with Gasteiger partial charge in [0.25, 0.3) is 5.56 Å². The predicted molar refractivity (Wildman–Crippen MR) is 126 cm³/mol. The molecule has 32 heavy (non-hydrogen) atoms. The summed E-state index contributed by atoms with van der Waals surface area (Å²) in [5.74, 6) is 1.53. The fourth-order valence-corrected chi connectivity index (χ4v) is 6.27. The van der Waals surface area contributed by atoms with Gasteiger partial charge in [-0.2, -0.15) is 0 Å². The Bertz CT molecular complexity index is 1240. The molecule has 0 radical (unpaired) electrons. The Balaban J connectivity index is 1.32. The molecule has 2 aromatic heterocycles. The maximum Gasteiger partial charge on any atom is 0.263 e. The Labute approximate surface area is 194 Å². The first-order valence-corrected chi connectivity index (χ1v) is 12.6. The number of ether oxygens (including phenoxy) is 2. The zero-order valence-electron chi connectivity index (χ0n) is 18.1. The van der Waals surface area contributed by atoms with Crippen LogP contribution in [0.5, 0.6) is 11.5 Å². The zero-order valence-corrected chi connectivity index (χ0v) is 19.7. The molecular weight excluding hydrogens is 446 g/mol. The van der Waals surface area contributed by atoms with Crippen molar-refractivity contribution >= 4 is 39.2 Å². The van der Waals surface area contributed by atoms with E-state index in [-0.39, 0.29) is 30.1 Å². The van der Waals surface area contributed by atoms with Gasteiger partial charge >= 0.3 is 0 Å². The summed E-state index contributed by atoms with van der Waals surface area (Å²) in [6.07, 6.45) is 4.21. The van der Waals surface area contributed by atoms with Crippen LogP contribution in [0.1, 0.15) is 47.7 Å². The van der Waals surface area contributed by atoms with E-state index >= 15 is 0 Å². The second kappa shape index (κ2) is 8.78. The molecule has 1 saturated carbocycles. The maximum absolute atomic E-state index is 13.4. The highest BCUT2D eigenvalue weighted by Gasteiger charge is 2.25. The van der Waals surface area contributed by atoms with Crippen molar-refractivity contribution in [2.24, 2.45) is 0 Å². The van der Waals surface area contributed by atoms with Crippen LogP contribution in [0.15, 0.2) is 28.2 Å². The van der Waals surface area contributed by atoms with Crippen molar-refractivity contribution in [1.29, 1.82) is 0 Å². The van der Waals surface area contributed by atoms with Gasteiger partial charge in [0.1, 0.15) is 4.83 Å². The molecule has 0 saturated heterocycles. The number of thioether (sulfide) groups is 1. The van der Waals surface area contributed by atoms with E-state index in [4.69, 9.17) is 14.5 Å². The molecule has 5 rings (SSSR count). The molecule has 0 unspecified atom stereocenters. The van der Waals surface area contributed by atoms with Gasteiger partial charge < -0.3 is 14.8 Å². The van der Waals surface area contributed by atoms with E-state index in [1.165, 1.54) is 11.8 Å². The van der Waals surface area contributed by atoms with Crippen molar-refractivity contribution < 1.29 is 14.3 Å². The lowest BCUT2D eigenvalue weighted by molar-refractivity contribution is -0.118. The van der Waals surface area contributed by atoms with Gasteiger partial charge in [-0.1, -0.05) is 30.7 Å². The first kappa shape index (κ1) is 21.3. The van der Waals surface area contributed by atoms with E-state index in [2.05, 4.69) is 5.32 Å². The third kappa shape index (κ3) is 3.99. The number of benzene rings is 1. The van der Waals surface area contributed by atoms with Gasteiger partial charge in [0.15, 0.2) is 16.7 Å². The van der Waals surface area contributed by atoms with Crippen LogP contribution in [0.3, 0.4) is 0 Å². The second-order valence-electron chi connectivity index (χ2n) is 8.22. The summed E-state index contributed by atoms with van der Waals surface area (Å²) in [4.78, 5) is 32.7. The smallest absolute Gasteiger partial charge is 0.263 e. The number of carbonyl (C=O) groups is 1. The van der Waals surface area contributed by atoms with Crippen molar-refractivity contribution in [3.63, 3.8) is 0 Å². The lowest BCUT2D eigenvalue weighted by Gasteiger charge is -2.18. The number of nitrogens with one attached hydrogen (secondary N) is 1. The van der Waals surface area contributed by atoms with Crippen LogP contribution >= 0.6 is 23.1 Å². The lowest BCUT2D eigenvalue weighted by Crippen LogP contribution is -2.28. The van der Waals surface area contributed by atoms with Crippen molar-refractivity contribution in [1.82, 2.24) is 14.9 Å². The van der Waals surface area contributed by atoms with E-state index in [0.717, 1.165) is 57.7 Å².